The molecule has 1 aromatic carbocycles. The Morgan fingerprint density at radius 3 is 2.30 bits per heavy atom. The van der Waals surface area contributed by atoms with Gasteiger partial charge in [0.1, 0.15) is 0 Å². The Hall–Kier alpha value is -1.55. The van der Waals surface area contributed by atoms with E-state index in [9.17, 15) is 9.90 Å². The lowest BCUT2D eigenvalue weighted by Gasteiger charge is -2.38. The molecule has 1 aliphatic heterocycles. The quantitative estimate of drug-likeness (QED) is 0.868. The number of anilines is 1. The van der Waals surface area contributed by atoms with Crippen molar-refractivity contribution in [2.45, 2.75) is 58.2 Å². The third-order valence-electron chi connectivity index (χ3n) is 4.07. The zero-order chi connectivity index (χ0) is 14.7. The average molecular weight is 276 g/mol. The number of piperidine rings is 1. The van der Waals surface area contributed by atoms with Gasteiger partial charge in [0.15, 0.2) is 0 Å². The molecule has 3 atom stereocenters. The number of nitrogens with zero attached hydrogens (tertiary/aromatic N) is 1. The molecule has 0 bridgehead atoms. The average Bonchev–Trinajstić information content (AvgIpc) is 2.39. The molecular weight excluding hydrogens is 252 g/mol. The number of carbonyl (C=O) groups excluding carboxylic acids is 1. The number of benzene rings is 1. The van der Waals surface area contributed by atoms with Crippen molar-refractivity contribution < 1.29 is 9.90 Å². The number of hydrogen-bond acceptors (Lipinski definition) is 2. The molecule has 0 spiro atoms. The molecule has 4 heteroatoms. The fraction of sp³-hybridized carbons (Fsp3) is 0.562. The van der Waals surface area contributed by atoms with Crippen LogP contribution < -0.4 is 5.32 Å². The molecule has 0 saturated carbocycles. The zero-order valence-electron chi connectivity index (χ0n) is 12.5. The molecule has 0 aliphatic carbocycles. The van der Waals surface area contributed by atoms with E-state index in [4.69, 9.17) is 0 Å². The summed E-state index contributed by atoms with van der Waals surface area (Å²) in [4.78, 5) is 14.3. The van der Waals surface area contributed by atoms with E-state index < -0.39 is 6.10 Å². The Kier molecular flexibility index (Phi) is 4.65. The first-order valence-electron chi connectivity index (χ1n) is 7.36. The van der Waals surface area contributed by atoms with Crippen LogP contribution in [0.15, 0.2) is 24.3 Å². The molecule has 4 nitrogen and oxygen atoms in total. The third-order valence-corrected chi connectivity index (χ3v) is 4.07. The van der Waals surface area contributed by atoms with Crippen LogP contribution in [0.3, 0.4) is 0 Å². The Morgan fingerprint density at radius 2 is 1.80 bits per heavy atom. The van der Waals surface area contributed by atoms with E-state index in [0.29, 0.717) is 0 Å². The Bertz CT molecular complexity index is 446. The molecule has 1 unspecified atom stereocenters. The highest BCUT2D eigenvalue weighted by Gasteiger charge is 2.28. The van der Waals surface area contributed by atoms with Gasteiger partial charge < -0.3 is 15.3 Å². The van der Waals surface area contributed by atoms with Crippen LogP contribution in [-0.2, 0) is 0 Å². The Labute approximate surface area is 120 Å². The number of nitrogens with one attached hydrogen (secondary N) is 1. The molecule has 0 aromatic heterocycles. The molecule has 2 N–H and O–H groups in total. The van der Waals surface area contributed by atoms with E-state index in [2.05, 4.69) is 19.2 Å². The summed E-state index contributed by atoms with van der Waals surface area (Å²) in [7, 11) is 0. The number of amides is 2. The van der Waals surface area contributed by atoms with E-state index in [1.165, 1.54) is 6.42 Å². The number of aliphatic hydroxyl groups excluding tert-OH is 1. The van der Waals surface area contributed by atoms with Crippen LogP contribution in [0.4, 0.5) is 10.5 Å². The monoisotopic (exact) mass is 276 g/mol. The van der Waals surface area contributed by atoms with Crippen molar-refractivity contribution >= 4 is 11.7 Å². The maximum atomic E-state index is 12.4. The van der Waals surface area contributed by atoms with Gasteiger partial charge in [-0.3, -0.25) is 0 Å². The maximum absolute atomic E-state index is 12.4. The number of rotatable bonds is 2. The lowest BCUT2D eigenvalue weighted by molar-refractivity contribution is 0.133. The largest absolute Gasteiger partial charge is 0.389 e. The summed E-state index contributed by atoms with van der Waals surface area (Å²) in [5.41, 5.74) is 1.62. The number of aliphatic hydroxyl groups is 1. The van der Waals surface area contributed by atoms with Crippen molar-refractivity contribution in [1.29, 1.82) is 0 Å². The SMILES string of the molecule is CC(O)c1ccc(NC(=O)N2[C@H](C)CCC[C@@H]2C)cc1. The lowest BCUT2D eigenvalue weighted by atomic mass is 9.98. The lowest BCUT2D eigenvalue weighted by Crippen LogP contribution is -2.49. The number of hydrogen-bond donors (Lipinski definition) is 2. The van der Waals surface area contributed by atoms with Gasteiger partial charge >= 0.3 is 6.03 Å². The highest BCUT2D eigenvalue weighted by atomic mass is 16.3. The van der Waals surface area contributed by atoms with Crippen molar-refractivity contribution in [2.75, 3.05) is 5.32 Å². The van der Waals surface area contributed by atoms with Gasteiger partial charge in [-0.1, -0.05) is 12.1 Å². The van der Waals surface area contributed by atoms with Gasteiger partial charge in [-0.15, -0.1) is 0 Å². The van der Waals surface area contributed by atoms with E-state index in [0.717, 1.165) is 24.1 Å². The fourth-order valence-corrected chi connectivity index (χ4v) is 2.85. The molecule has 0 radical (unpaired) electrons. The predicted octanol–water partition coefficient (Wildman–Crippen LogP) is 3.53. The highest BCUT2D eigenvalue weighted by Crippen LogP contribution is 2.24. The first-order valence-corrected chi connectivity index (χ1v) is 7.36. The van der Waals surface area contributed by atoms with Gasteiger partial charge in [-0.05, 0) is 57.7 Å². The van der Waals surface area contributed by atoms with Gasteiger partial charge in [0, 0.05) is 17.8 Å². The number of carbonyl (C=O) groups is 1. The van der Waals surface area contributed by atoms with Crippen LogP contribution in [0, 0.1) is 0 Å². The van der Waals surface area contributed by atoms with Crippen molar-refractivity contribution in [3.63, 3.8) is 0 Å². The van der Waals surface area contributed by atoms with Gasteiger partial charge in [-0.2, -0.15) is 0 Å². The van der Waals surface area contributed by atoms with E-state index >= 15 is 0 Å². The Morgan fingerprint density at radius 1 is 1.25 bits per heavy atom. The second-order valence-corrected chi connectivity index (χ2v) is 5.76. The molecule has 1 saturated heterocycles. The van der Waals surface area contributed by atoms with E-state index in [1.807, 2.05) is 29.2 Å². The van der Waals surface area contributed by atoms with Gasteiger partial charge in [0.05, 0.1) is 6.10 Å². The molecule has 20 heavy (non-hydrogen) atoms. The van der Waals surface area contributed by atoms with Crippen molar-refractivity contribution in [3.05, 3.63) is 29.8 Å². The minimum Gasteiger partial charge on any atom is -0.389 e. The number of urea groups is 1. The highest BCUT2D eigenvalue weighted by molar-refractivity contribution is 5.89. The van der Waals surface area contributed by atoms with Crippen molar-refractivity contribution in [3.8, 4) is 0 Å². The first-order chi connectivity index (χ1) is 9.49. The second-order valence-electron chi connectivity index (χ2n) is 5.76. The van der Waals surface area contributed by atoms with Crippen LogP contribution in [0.1, 0.15) is 51.7 Å². The van der Waals surface area contributed by atoms with Crippen LogP contribution in [0.5, 0.6) is 0 Å². The molecule has 1 heterocycles. The van der Waals surface area contributed by atoms with Crippen LogP contribution in [0.25, 0.3) is 0 Å². The molecule has 2 rings (SSSR count). The smallest absolute Gasteiger partial charge is 0.322 e. The normalized spacial score (nSPS) is 24.3. The zero-order valence-corrected chi connectivity index (χ0v) is 12.5. The standard InChI is InChI=1S/C16H24N2O2/c1-11-5-4-6-12(2)18(11)16(20)17-15-9-7-14(8-10-15)13(3)19/h7-13,19H,4-6H2,1-3H3,(H,17,20)/t11-,12+,13?. The third kappa shape index (κ3) is 3.31. The summed E-state index contributed by atoms with van der Waals surface area (Å²) in [5, 5.41) is 12.4. The summed E-state index contributed by atoms with van der Waals surface area (Å²) in [5.74, 6) is 0. The summed E-state index contributed by atoms with van der Waals surface area (Å²) < 4.78 is 0. The first kappa shape index (κ1) is 14.9. The molecule has 1 aromatic rings. The summed E-state index contributed by atoms with van der Waals surface area (Å²) in [6.45, 7) is 5.93. The van der Waals surface area contributed by atoms with Crippen molar-refractivity contribution in [2.24, 2.45) is 0 Å². The topological polar surface area (TPSA) is 52.6 Å². The maximum Gasteiger partial charge on any atom is 0.322 e. The van der Waals surface area contributed by atoms with E-state index in [1.54, 1.807) is 6.92 Å². The molecule has 1 fully saturated rings. The van der Waals surface area contributed by atoms with Gasteiger partial charge in [0.25, 0.3) is 0 Å². The minimum atomic E-state index is -0.484. The fourth-order valence-electron chi connectivity index (χ4n) is 2.85. The second kappa shape index (κ2) is 6.27. The van der Waals surface area contributed by atoms with Crippen LogP contribution >= 0.6 is 0 Å². The molecule has 1 aliphatic rings. The Balaban J connectivity index is 2.03. The predicted molar refractivity (Wildman–Crippen MR) is 80.7 cm³/mol. The molecular formula is C16H24N2O2. The van der Waals surface area contributed by atoms with E-state index in [-0.39, 0.29) is 18.1 Å². The summed E-state index contributed by atoms with van der Waals surface area (Å²) in [6, 6.07) is 7.88. The van der Waals surface area contributed by atoms with Crippen LogP contribution in [0.2, 0.25) is 0 Å². The molecule has 110 valence electrons. The molecule has 2 amide bonds. The summed E-state index contributed by atoms with van der Waals surface area (Å²) >= 11 is 0. The van der Waals surface area contributed by atoms with Gasteiger partial charge in [0.2, 0.25) is 0 Å². The number of likely N-dealkylation sites (tertiary alicyclic amines) is 1. The minimum absolute atomic E-state index is 0.0329. The van der Waals surface area contributed by atoms with Gasteiger partial charge in [-0.25, -0.2) is 4.79 Å². The van der Waals surface area contributed by atoms with Crippen LogP contribution in [-0.4, -0.2) is 28.1 Å². The van der Waals surface area contributed by atoms with Crippen molar-refractivity contribution in [1.82, 2.24) is 4.90 Å². The summed E-state index contributed by atoms with van der Waals surface area (Å²) in [6.07, 6.45) is 2.84.